The van der Waals surface area contributed by atoms with Crippen LogP contribution in [0.2, 0.25) is 0 Å². The van der Waals surface area contributed by atoms with E-state index < -0.39 is 0 Å². The molecule has 2 heteroatoms. The highest BCUT2D eigenvalue weighted by molar-refractivity contribution is 5.49. The SMILES string of the molecule is C=C/C=C(\C=C/C)CNC1c2c(C)cccc2C2CCC3CC21CC3=C.CO. The van der Waals surface area contributed by atoms with E-state index in [9.17, 15) is 0 Å². The van der Waals surface area contributed by atoms with Gasteiger partial charge in [0, 0.05) is 25.1 Å². The number of hydrogen-bond acceptors (Lipinski definition) is 2. The van der Waals surface area contributed by atoms with Crippen LogP contribution in [0.25, 0.3) is 0 Å². The Bertz CT molecular complexity index is 803. The monoisotopic (exact) mass is 377 g/mol. The lowest BCUT2D eigenvalue weighted by atomic mass is 9.66. The zero-order chi connectivity index (χ0) is 20.3. The predicted octanol–water partition coefficient (Wildman–Crippen LogP) is 5.77. The lowest BCUT2D eigenvalue weighted by Gasteiger charge is -2.41. The number of aryl methyl sites for hydroxylation is 1. The highest BCUT2D eigenvalue weighted by atomic mass is 16.2. The van der Waals surface area contributed by atoms with Crippen molar-refractivity contribution >= 4 is 0 Å². The average molecular weight is 378 g/mol. The van der Waals surface area contributed by atoms with E-state index in [2.05, 4.69) is 68.7 Å². The molecule has 0 amide bonds. The molecule has 0 saturated heterocycles. The average Bonchev–Trinajstić information content (AvgIpc) is 3.12. The molecule has 2 bridgehead atoms. The second kappa shape index (κ2) is 8.63. The molecule has 4 unspecified atom stereocenters. The lowest BCUT2D eigenvalue weighted by Crippen LogP contribution is -2.38. The number of rotatable bonds is 5. The molecule has 3 aliphatic carbocycles. The van der Waals surface area contributed by atoms with Gasteiger partial charge in [-0.2, -0.15) is 0 Å². The van der Waals surface area contributed by atoms with Gasteiger partial charge in [-0.1, -0.05) is 61.2 Å². The summed E-state index contributed by atoms with van der Waals surface area (Å²) in [6.45, 7) is 13.6. The topological polar surface area (TPSA) is 32.3 Å². The molecule has 1 aromatic rings. The minimum atomic E-state index is 0.337. The van der Waals surface area contributed by atoms with Crippen LogP contribution in [0.3, 0.4) is 0 Å². The van der Waals surface area contributed by atoms with Crippen LogP contribution < -0.4 is 5.32 Å². The van der Waals surface area contributed by atoms with Crippen molar-refractivity contribution in [3.8, 4) is 0 Å². The van der Waals surface area contributed by atoms with Crippen LogP contribution in [0.5, 0.6) is 0 Å². The molecule has 0 aromatic heterocycles. The van der Waals surface area contributed by atoms with Crippen LogP contribution in [-0.2, 0) is 0 Å². The summed E-state index contributed by atoms with van der Waals surface area (Å²) in [4.78, 5) is 0. The Morgan fingerprint density at radius 2 is 2.11 bits per heavy atom. The molecule has 1 spiro atoms. The zero-order valence-corrected chi connectivity index (χ0v) is 17.7. The van der Waals surface area contributed by atoms with Gasteiger partial charge in [-0.25, -0.2) is 0 Å². The molecule has 28 heavy (non-hydrogen) atoms. The number of allylic oxidation sites excluding steroid dienone is 4. The molecule has 1 aromatic carbocycles. The maximum atomic E-state index is 7.00. The Kier molecular flexibility index (Phi) is 6.42. The second-order valence-corrected chi connectivity index (χ2v) is 8.47. The molecule has 0 heterocycles. The Morgan fingerprint density at radius 1 is 1.32 bits per heavy atom. The summed E-state index contributed by atoms with van der Waals surface area (Å²) < 4.78 is 0. The van der Waals surface area contributed by atoms with Crippen molar-refractivity contribution in [1.82, 2.24) is 5.32 Å². The van der Waals surface area contributed by atoms with Crippen molar-refractivity contribution in [2.75, 3.05) is 13.7 Å². The molecule has 3 aliphatic rings. The molecule has 4 atom stereocenters. The Labute approximate surface area is 170 Å². The van der Waals surface area contributed by atoms with Gasteiger partial charge in [0.25, 0.3) is 0 Å². The van der Waals surface area contributed by atoms with Gasteiger partial charge in [0.1, 0.15) is 0 Å². The van der Waals surface area contributed by atoms with Crippen molar-refractivity contribution in [1.29, 1.82) is 0 Å². The first-order chi connectivity index (χ1) is 13.6. The first-order valence-corrected chi connectivity index (χ1v) is 10.5. The Morgan fingerprint density at radius 3 is 2.82 bits per heavy atom. The molecule has 150 valence electrons. The van der Waals surface area contributed by atoms with Gasteiger partial charge < -0.3 is 10.4 Å². The number of hydrogen-bond donors (Lipinski definition) is 2. The van der Waals surface area contributed by atoms with Crippen LogP contribution in [0, 0.1) is 18.3 Å². The third-order valence-electron chi connectivity index (χ3n) is 7.08. The number of benzene rings is 1. The maximum absolute atomic E-state index is 7.00. The summed E-state index contributed by atoms with van der Waals surface area (Å²) in [5.41, 5.74) is 7.76. The largest absolute Gasteiger partial charge is 0.400 e. The predicted molar refractivity (Wildman–Crippen MR) is 119 cm³/mol. The molecule has 2 N–H and O–H groups in total. The van der Waals surface area contributed by atoms with Crippen LogP contribution in [-0.4, -0.2) is 18.8 Å². The number of aliphatic hydroxyl groups is 1. The van der Waals surface area contributed by atoms with Crippen LogP contribution in [0.1, 0.15) is 61.3 Å². The van der Waals surface area contributed by atoms with Crippen molar-refractivity contribution < 1.29 is 5.11 Å². The van der Waals surface area contributed by atoms with Gasteiger partial charge in [0.2, 0.25) is 0 Å². The second-order valence-electron chi connectivity index (χ2n) is 8.47. The minimum Gasteiger partial charge on any atom is -0.400 e. The van der Waals surface area contributed by atoms with E-state index in [0.29, 0.717) is 17.4 Å². The van der Waals surface area contributed by atoms with E-state index in [1.165, 1.54) is 42.4 Å². The fourth-order valence-corrected chi connectivity index (χ4v) is 6.11. The number of nitrogens with one attached hydrogen (secondary N) is 1. The summed E-state index contributed by atoms with van der Waals surface area (Å²) in [5.74, 6) is 1.43. The van der Waals surface area contributed by atoms with E-state index >= 15 is 0 Å². The molecular formula is C26H35NO. The van der Waals surface area contributed by atoms with Gasteiger partial charge in [-0.15, -0.1) is 0 Å². The summed E-state index contributed by atoms with van der Waals surface area (Å²) in [5, 5.41) is 11.0. The molecular weight excluding hydrogens is 342 g/mol. The maximum Gasteiger partial charge on any atom is 0.0394 e. The first-order valence-electron chi connectivity index (χ1n) is 10.5. The fourth-order valence-electron chi connectivity index (χ4n) is 6.11. The van der Waals surface area contributed by atoms with E-state index in [4.69, 9.17) is 5.11 Å². The quantitative estimate of drug-likeness (QED) is 0.504. The lowest BCUT2D eigenvalue weighted by molar-refractivity contribution is 0.134. The van der Waals surface area contributed by atoms with Crippen molar-refractivity contribution in [3.05, 3.63) is 83.5 Å². The third kappa shape index (κ3) is 3.33. The highest BCUT2D eigenvalue weighted by Crippen LogP contribution is 2.69. The normalized spacial score (nSPS) is 30.6. The van der Waals surface area contributed by atoms with E-state index in [-0.39, 0.29) is 0 Å². The number of fused-ring (bicyclic) bond motifs is 3. The van der Waals surface area contributed by atoms with Gasteiger partial charge in [-0.05, 0) is 73.6 Å². The summed E-state index contributed by atoms with van der Waals surface area (Å²) in [7, 11) is 1.00. The summed E-state index contributed by atoms with van der Waals surface area (Å²) >= 11 is 0. The Hall–Kier alpha value is -1.90. The smallest absolute Gasteiger partial charge is 0.0394 e. The third-order valence-corrected chi connectivity index (χ3v) is 7.08. The van der Waals surface area contributed by atoms with Crippen LogP contribution >= 0.6 is 0 Å². The molecule has 4 rings (SSSR count). The first kappa shape index (κ1) is 20.8. The van der Waals surface area contributed by atoms with E-state index in [1.807, 2.05) is 6.08 Å². The van der Waals surface area contributed by atoms with Crippen LogP contribution in [0.15, 0.2) is 66.8 Å². The summed E-state index contributed by atoms with van der Waals surface area (Å²) in [6.07, 6.45) is 13.5. The van der Waals surface area contributed by atoms with Crippen LogP contribution in [0.4, 0.5) is 0 Å². The van der Waals surface area contributed by atoms with Gasteiger partial charge >= 0.3 is 0 Å². The number of aliphatic hydroxyl groups excluding tert-OH is 1. The molecule has 2 fully saturated rings. The standard InChI is InChI=1S/C25H31N.CH4O/c1-5-8-19(9-6-2)16-26-24-23-17(3)10-7-11-21(23)22-13-12-20-15-25(22,24)14-18(20)4;1-2/h5-11,20,22,24,26H,1,4,12-16H2,2-3H3;2H,1H3/b9-6-,19-8+;. The minimum absolute atomic E-state index is 0.337. The van der Waals surface area contributed by atoms with Crippen molar-refractivity contribution in [2.24, 2.45) is 11.3 Å². The van der Waals surface area contributed by atoms with Gasteiger partial charge in [0.15, 0.2) is 0 Å². The summed E-state index contributed by atoms with van der Waals surface area (Å²) in [6, 6.07) is 7.37. The van der Waals surface area contributed by atoms with E-state index in [1.54, 1.807) is 11.1 Å². The van der Waals surface area contributed by atoms with Gasteiger partial charge in [-0.3, -0.25) is 0 Å². The Balaban J connectivity index is 0.00000109. The molecule has 2 nitrogen and oxygen atoms in total. The van der Waals surface area contributed by atoms with E-state index in [0.717, 1.165) is 19.6 Å². The fraction of sp³-hybridized carbons (Fsp3) is 0.462. The molecule has 0 radical (unpaired) electrons. The van der Waals surface area contributed by atoms with Gasteiger partial charge in [0.05, 0.1) is 0 Å². The molecule has 0 aliphatic heterocycles. The molecule has 2 saturated carbocycles. The highest BCUT2D eigenvalue weighted by Gasteiger charge is 2.59. The van der Waals surface area contributed by atoms with Crippen molar-refractivity contribution in [2.45, 2.75) is 51.5 Å². The van der Waals surface area contributed by atoms with Crippen molar-refractivity contribution in [3.63, 3.8) is 0 Å². The zero-order valence-electron chi connectivity index (χ0n) is 17.7.